The Hall–Kier alpha value is -1.95. The highest BCUT2D eigenvalue weighted by Gasteiger charge is 2.35. The molecule has 7 heteroatoms. The summed E-state index contributed by atoms with van der Waals surface area (Å²) in [6.45, 7) is 3.81. The van der Waals surface area contributed by atoms with Crippen molar-refractivity contribution in [1.82, 2.24) is 19.4 Å². The standard InChI is InChI=1S/C24H36ClN5O/c1-16-10-17(5-6-21(16)25)14-28-23(31)20-12-18(15-30-9-7-27-24(30)26)11-19(13-20)22-4-3-8-29(22)2/h3-4,7-9,16-21H,5-6,10-15H2,1-2H3,(H2,26,27)(H,28,31). The van der Waals surface area contributed by atoms with E-state index in [1.54, 1.807) is 6.20 Å². The zero-order valence-corrected chi connectivity index (χ0v) is 19.5. The largest absolute Gasteiger partial charge is 0.369 e. The molecule has 3 N–H and O–H groups in total. The molecule has 2 heterocycles. The summed E-state index contributed by atoms with van der Waals surface area (Å²) in [6.07, 6.45) is 11.9. The number of nitrogens with two attached hydrogens (primary N) is 1. The number of anilines is 1. The minimum absolute atomic E-state index is 0.0326. The van der Waals surface area contributed by atoms with E-state index < -0.39 is 0 Å². The van der Waals surface area contributed by atoms with Gasteiger partial charge in [-0.05, 0) is 68.4 Å². The second-order valence-corrected chi connectivity index (χ2v) is 10.4. The van der Waals surface area contributed by atoms with Gasteiger partial charge in [0, 0.05) is 61.6 Å². The summed E-state index contributed by atoms with van der Waals surface area (Å²) in [5.74, 6) is 2.64. The van der Waals surface area contributed by atoms with Crippen LogP contribution in [0.15, 0.2) is 30.7 Å². The average molecular weight is 446 g/mol. The number of nitrogens with one attached hydrogen (secondary N) is 1. The first-order valence-corrected chi connectivity index (χ1v) is 12.1. The lowest BCUT2D eigenvalue weighted by Crippen LogP contribution is -2.40. The Morgan fingerprint density at radius 2 is 2.06 bits per heavy atom. The molecule has 4 rings (SSSR count). The van der Waals surface area contributed by atoms with Gasteiger partial charge in [0.2, 0.25) is 5.91 Å². The Morgan fingerprint density at radius 1 is 1.23 bits per heavy atom. The number of carbonyl (C=O) groups excluding carboxylic acids is 1. The Morgan fingerprint density at radius 3 is 2.74 bits per heavy atom. The summed E-state index contributed by atoms with van der Waals surface area (Å²) in [4.78, 5) is 17.4. The van der Waals surface area contributed by atoms with Gasteiger partial charge in [-0.2, -0.15) is 0 Å². The van der Waals surface area contributed by atoms with E-state index >= 15 is 0 Å². The van der Waals surface area contributed by atoms with Crippen molar-refractivity contribution in [3.05, 3.63) is 36.4 Å². The number of nitrogen functional groups attached to an aromatic ring is 1. The lowest BCUT2D eigenvalue weighted by Gasteiger charge is -2.36. The topological polar surface area (TPSA) is 77.9 Å². The van der Waals surface area contributed by atoms with Crippen molar-refractivity contribution < 1.29 is 4.79 Å². The van der Waals surface area contributed by atoms with Crippen LogP contribution in [0.4, 0.5) is 5.95 Å². The van der Waals surface area contributed by atoms with Crippen LogP contribution in [-0.2, 0) is 18.4 Å². The van der Waals surface area contributed by atoms with Gasteiger partial charge in [0.25, 0.3) is 0 Å². The first-order chi connectivity index (χ1) is 14.9. The molecule has 31 heavy (non-hydrogen) atoms. The van der Waals surface area contributed by atoms with Gasteiger partial charge in [-0.1, -0.05) is 6.92 Å². The van der Waals surface area contributed by atoms with Gasteiger partial charge < -0.3 is 20.2 Å². The van der Waals surface area contributed by atoms with Crippen molar-refractivity contribution in [1.29, 1.82) is 0 Å². The summed E-state index contributed by atoms with van der Waals surface area (Å²) >= 11 is 6.38. The molecule has 2 fully saturated rings. The van der Waals surface area contributed by atoms with Crippen molar-refractivity contribution in [3.8, 4) is 0 Å². The third-order valence-electron chi connectivity index (χ3n) is 7.52. The van der Waals surface area contributed by atoms with Crippen molar-refractivity contribution in [2.75, 3.05) is 12.3 Å². The molecule has 0 aliphatic heterocycles. The summed E-state index contributed by atoms with van der Waals surface area (Å²) in [5.41, 5.74) is 7.33. The molecule has 6 nitrogen and oxygen atoms in total. The molecule has 2 aromatic heterocycles. The van der Waals surface area contributed by atoms with Crippen molar-refractivity contribution in [2.45, 2.75) is 63.3 Å². The molecule has 2 saturated carbocycles. The van der Waals surface area contributed by atoms with E-state index in [9.17, 15) is 4.79 Å². The van der Waals surface area contributed by atoms with E-state index in [0.717, 1.165) is 51.6 Å². The summed E-state index contributed by atoms with van der Waals surface area (Å²) < 4.78 is 4.21. The highest BCUT2D eigenvalue weighted by Crippen LogP contribution is 2.40. The minimum atomic E-state index is 0.0326. The number of aromatic nitrogens is 3. The third kappa shape index (κ3) is 5.28. The monoisotopic (exact) mass is 445 g/mol. The summed E-state index contributed by atoms with van der Waals surface area (Å²) in [7, 11) is 2.09. The molecule has 0 radical (unpaired) electrons. The molecule has 2 aromatic rings. The van der Waals surface area contributed by atoms with Crippen LogP contribution in [0.1, 0.15) is 57.1 Å². The fraction of sp³-hybridized carbons (Fsp3) is 0.667. The first kappa shape index (κ1) is 22.3. The number of imidazole rings is 1. The summed E-state index contributed by atoms with van der Waals surface area (Å²) in [6, 6.07) is 4.29. The molecule has 0 saturated heterocycles. The molecule has 2 aliphatic carbocycles. The molecule has 170 valence electrons. The fourth-order valence-corrected chi connectivity index (χ4v) is 5.99. The second-order valence-electron chi connectivity index (χ2n) is 9.87. The zero-order chi connectivity index (χ0) is 22.0. The smallest absolute Gasteiger partial charge is 0.223 e. The van der Waals surface area contributed by atoms with Crippen LogP contribution in [0.2, 0.25) is 0 Å². The zero-order valence-electron chi connectivity index (χ0n) is 18.7. The van der Waals surface area contributed by atoms with E-state index in [0.29, 0.717) is 29.6 Å². The molecule has 0 aromatic carbocycles. The first-order valence-electron chi connectivity index (χ1n) is 11.7. The van der Waals surface area contributed by atoms with Crippen molar-refractivity contribution in [2.24, 2.45) is 30.7 Å². The number of alkyl halides is 1. The van der Waals surface area contributed by atoms with Gasteiger partial charge >= 0.3 is 0 Å². The van der Waals surface area contributed by atoms with Gasteiger partial charge in [0.05, 0.1) is 0 Å². The van der Waals surface area contributed by atoms with E-state index in [2.05, 4.69) is 47.2 Å². The third-order valence-corrected chi connectivity index (χ3v) is 8.17. The second kappa shape index (κ2) is 9.68. The van der Waals surface area contributed by atoms with Crippen LogP contribution in [-0.4, -0.2) is 31.9 Å². The lowest BCUT2D eigenvalue weighted by molar-refractivity contribution is -0.127. The van der Waals surface area contributed by atoms with E-state index in [4.69, 9.17) is 17.3 Å². The fourth-order valence-electron chi connectivity index (χ4n) is 5.76. The van der Waals surface area contributed by atoms with E-state index in [1.807, 2.05) is 10.8 Å². The van der Waals surface area contributed by atoms with Gasteiger partial charge in [0.1, 0.15) is 0 Å². The molecule has 6 unspecified atom stereocenters. The number of amides is 1. The highest BCUT2D eigenvalue weighted by molar-refractivity contribution is 6.20. The van der Waals surface area contributed by atoms with Crippen LogP contribution < -0.4 is 11.1 Å². The maximum absolute atomic E-state index is 13.2. The average Bonchev–Trinajstić information content (AvgIpc) is 3.36. The Kier molecular flexibility index (Phi) is 6.95. The lowest BCUT2D eigenvalue weighted by atomic mass is 9.73. The summed E-state index contributed by atoms with van der Waals surface area (Å²) in [5, 5.41) is 3.58. The molecule has 2 aliphatic rings. The molecule has 1 amide bonds. The Balaban J connectivity index is 1.41. The van der Waals surface area contributed by atoms with Crippen LogP contribution in [0, 0.1) is 23.7 Å². The van der Waals surface area contributed by atoms with Crippen LogP contribution in [0.25, 0.3) is 0 Å². The van der Waals surface area contributed by atoms with E-state index in [1.165, 1.54) is 5.69 Å². The molecule has 6 atom stereocenters. The quantitative estimate of drug-likeness (QED) is 0.655. The predicted octanol–water partition coefficient (Wildman–Crippen LogP) is 4.16. The van der Waals surface area contributed by atoms with Gasteiger partial charge in [-0.25, -0.2) is 4.98 Å². The molecule has 0 spiro atoms. The number of hydrogen-bond donors (Lipinski definition) is 2. The van der Waals surface area contributed by atoms with Crippen LogP contribution in [0.3, 0.4) is 0 Å². The van der Waals surface area contributed by atoms with Crippen molar-refractivity contribution in [3.63, 3.8) is 0 Å². The SMILES string of the molecule is CC1CC(CNC(=O)C2CC(Cn3ccnc3N)CC(c3cccn3C)C2)CCC1Cl. The number of rotatable bonds is 6. The number of halogens is 1. The maximum atomic E-state index is 13.2. The number of nitrogens with zero attached hydrogens (tertiary/aromatic N) is 3. The molecular formula is C24H36ClN5O. The van der Waals surface area contributed by atoms with Gasteiger partial charge in [-0.3, -0.25) is 4.79 Å². The molecule has 0 bridgehead atoms. The number of carbonyl (C=O) groups is 1. The van der Waals surface area contributed by atoms with Crippen LogP contribution in [0.5, 0.6) is 0 Å². The number of hydrogen-bond acceptors (Lipinski definition) is 3. The maximum Gasteiger partial charge on any atom is 0.223 e. The Bertz CT molecular complexity index is 877. The van der Waals surface area contributed by atoms with E-state index in [-0.39, 0.29) is 17.2 Å². The predicted molar refractivity (Wildman–Crippen MR) is 125 cm³/mol. The van der Waals surface area contributed by atoms with Gasteiger partial charge in [-0.15, -0.1) is 11.6 Å². The molecular weight excluding hydrogens is 410 g/mol. The highest BCUT2D eigenvalue weighted by atomic mass is 35.5. The van der Waals surface area contributed by atoms with Crippen LogP contribution >= 0.6 is 11.6 Å². The van der Waals surface area contributed by atoms with Crippen molar-refractivity contribution >= 4 is 23.5 Å². The number of aryl methyl sites for hydroxylation is 1. The Labute approximate surface area is 190 Å². The van der Waals surface area contributed by atoms with Gasteiger partial charge in [0.15, 0.2) is 5.95 Å². The minimum Gasteiger partial charge on any atom is -0.369 e. The normalized spacial score (nSPS) is 31.5.